The molecule has 0 spiro atoms. The molecule has 5 nitrogen and oxygen atoms in total. The number of halogens is 1. The largest absolute Gasteiger partial charge is 0.383 e. The van der Waals surface area contributed by atoms with Gasteiger partial charge < -0.3 is 15.4 Å². The molecule has 0 aromatic heterocycles. The number of carbonyl (C=O) groups excluding carboxylic acids is 1. The molecule has 2 N–H and O–H groups in total. The fourth-order valence-corrected chi connectivity index (χ4v) is 1.63. The number of ether oxygens (including phenoxy) is 1. The van der Waals surface area contributed by atoms with Gasteiger partial charge in [0.1, 0.15) is 11.9 Å². The molecule has 0 radical (unpaired) electrons. The van der Waals surface area contributed by atoms with Gasteiger partial charge in [-0.2, -0.15) is 5.26 Å². The summed E-state index contributed by atoms with van der Waals surface area (Å²) in [4.78, 5) is 13.1. The predicted molar refractivity (Wildman–Crippen MR) is 67.4 cm³/mol. The molecule has 0 heterocycles. The van der Waals surface area contributed by atoms with Crippen LogP contribution in [-0.2, 0) is 16.1 Å². The molecule has 0 saturated heterocycles. The van der Waals surface area contributed by atoms with Gasteiger partial charge in [-0.25, -0.2) is 4.39 Å². The number of likely N-dealkylation sites (N-methyl/N-ethyl adjacent to an activating group) is 1. The molecular formula is C13H16FN3O2. The molecule has 0 bridgehead atoms. The maximum absolute atomic E-state index is 13.6. The maximum atomic E-state index is 13.6. The normalized spacial score (nSPS) is 11.7. The highest BCUT2D eigenvalue weighted by molar-refractivity contribution is 5.81. The molecule has 6 heteroatoms. The quantitative estimate of drug-likeness (QED) is 0.846. The van der Waals surface area contributed by atoms with Crippen molar-refractivity contribution < 1.29 is 13.9 Å². The molecule has 0 aliphatic rings. The Balaban J connectivity index is 2.79. The first-order chi connectivity index (χ1) is 8.99. The van der Waals surface area contributed by atoms with Crippen molar-refractivity contribution in [3.63, 3.8) is 0 Å². The summed E-state index contributed by atoms with van der Waals surface area (Å²) in [6, 6.07) is 5.16. The van der Waals surface area contributed by atoms with Crippen LogP contribution in [0.4, 0.5) is 4.39 Å². The third-order valence-corrected chi connectivity index (χ3v) is 2.62. The van der Waals surface area contributed by atoms with Gasteiger partial charge in [0.2, 0.25) is 5.91 Å². The zero-order valence-corrected chi connectivity index (χ0v) is 10.9. The highest BCUT2D eigenvalue weighted by atomic mass is 19.1. The summed E-state index contributed by atoms with van der Waals surface area (Å²) in [5, 5.41) is 8.76. The zero-order valence-electron chi connectivity index (χ0n) is 10.9. The van der Waals surface area contributed by atoms with E-state index in [2.05, 4.69) is 0 Å². The lowest BCUT2D eigenvalue weighted by Crippen LogP contribution is -2.44. The molecule has 1 aromatic rings. The number of nitrogens with two attached hydrogens (primary N) is 1. The van der Waals surface area contributed by atoms with Crippen molar-refractivity contribution in [2.24, 2.45) is 5.73 Å². The molecule has 0 aliphatic carbocycles. The lowest BCUT2D eigenvalue weighted by molar-refractivity contribution is -0.133. The minimum Gasteiger partial charge on any atom is -0.383 e. The van der Waals surface area contributed by atoms with E-state index in [0.717, 1.165) is 0 Å². The van der Waals surface area contributed by atoms with Crippen LogP contribution < -0.4 is 5.73 Å². The molecule has 102 valence electrons. The van der Waals surface area contributed by atoms with E-state index < -0.39 is 11.9 Å². The Morgan fingerprint density at radius 3 is 2.89 bits per heavy atom. The van der Waals surface area contributed by atoms with E-state index in [4.69, 9.17) is 15.7 Å². The van der Waals surface area contributed by atoms with Gasteiger partial charge in [0.05, 0.1) is 18.2 Å². The van der Waals surface area contributed by atoms with Crippen molar-refractivity contribution in [3.8, 4) is 6.07 Å². The molecule has 0 aliphatic heterocycles. The van der Waals surface area contributed by atoms with Crippen molar-refractivity contribution in [1.29, 1.82) is 5.26 Å². The second-order valence-electron chi connectivity index (χ2n) is 4.17. The van der Waals surface area contributed by atoms with Gasteiger partial charge in [0.15, 0.2) is 0 Å². The Kier molecular flexibility index (Phi) is 5.42. The monoisotopic (exact) mass is 265 g/mol. The van der Waals surface area contributed by atoms with E-state index in [9.17, 15) is 9.18 Å². The van der Waals surface area contributed by atoms with Crippen LogP contribution in [0.3, 0.4) is 0 Å². The average molecular weight is 265 g/mol. The summed E-state index contributed by atoms with van der Waals surface area (Å²) in [6.07, 6.45) is 0. The van der Waals surface area contributed by atoms with E-state index in [1.54, 1.807) is 0 Å². The highest BCUT2D eigenvalue weighted by Crippen LogP contribution is 2.12. The van der Waals surface area contributed by atoms with Crippen LogP contribution in [0.2, 0.25) is 0 Å². The van der Waals surface area contributed by atoms with Gasteiger partial charge in [-0.3, -0.25) is 4.79 Å². The van der Waals surface area contributed by atoms with Gasteiger partial charge in [0.25, 0.3) is 0 Å². The third kappa shape index (κ3) is 4.02. The summed E-state index contributed by atoms with van der Waals surface area (Å²) < 4.78 is 18.4. The summed E-state index contributed by atoms with van der Waals surface area (Å²) in [7, 11) is 2.97. The van der Waals surface area contributed by atoms with Crippen molar-refractivity contribution >= 4 is 5.91 Å². The Morgan fingerprint density at radius 1 is 1.63 bits per heavy atom. The smallest absolute Gasteiger partial charge is 0.241 e. The third-order valence-electron chi connectivity index (χ3n) is 2.62. The topological polar surface area (TPSA) is 79.3 Å². The van der Waals surface area contributed by atoms with E-state index in [-0.39, 0.29) is 24.6 Å². The van der Waals surface area contributed by atoms with Crippen LogP contribution in [0.5, 0.6) is 0 Å². The van der Waals surface area contributed by atoms with Gasteiger partial charge >= 0.3 is 0 Å². The average Bonchev–Trinajstić information content (AvgIpc) is 2.40. The summed E-state index contributed by atoms with van der Waals surface area (Å²) in [5.41, 5.74) is 6.24. The van der Waals surface area contributed by atoms with Gasteiger partial charge in [-0.15, -0.1) is 0 Å². The molecule has 1 atom stereocenters. The van der Waals surface area contributed by atoms with E-state index in [0.29, 0.717) is 5.56 Å². The predicted octanol–water partition coefficient (Wildman–Crippen LogP) is 0.629. The van der Waals surface area contributed by atoms with E-state index >= 15 is 0 Å². The Labute approximate surface area is 111 Å². The van der Waals surface area contributed by atoms with Crippen LogP contribution in [0.1, 0.15) is 11.1 Å². The first-order valence-corrected chi connectivity index (χ1v) is 5.67. The van der Waals surface area contributed by atoms with Crippen molar-refractivity contribution in [2.75, 3.05) is 20.8 Å². The number of methoxy groups -OCH3 is 1. The second kappa shape index (κ2) is 6.83. The maximum Gasteiger partial charge on any atom is 0.241 e. The fourth-order valence-electron chi connectivity index (χ4n) is 1.63. The number of nitriles is 1. The van der Waals surface area contributed by atoms with E-state index in [1.165, 1.54) is 37.3 Å². The number of amides is 1. The lowest BCUT2D eigenvalue weighted by Gasteiger charge is -2.21. The minimum atomic E-state index is -0.780. The first kappa shape index (κ1) is 15.1. The lowest BCUT2D eigenvalue weighted by atomic mass is 10.1. The molecule has 1 unspecified atom stereocenters. The standard InChI is InChI=1S/C13H16FN3O2/c1-17(13(18)12(16)8-19-2)7-10-5-9(6-15)3-4-11(10)14/h3-5,12H,7-8,16H2,1-2H3. The number of benzene rings is 1. The molecule has 1 amide bonds. The number of carbonyl (C=O) groups is 1. The Bertz CT molecular complexity index is 499. The van der Waals surface area contributed by atoms with Crippen LogP contribution in [0.25, 0.3) is 0 Å². The first-order valence-electron chi connectivity index (χ1n) is 5.67. The van der Waals surface area contributed by atoms with Crippen LogP contribution in [0.15, 0.2) is 18.2 Å². The molecular weight excluding hydrogens is 249 g/mol. The highest BCUT2D eigenvalue weighted by Gasteiger charge is 2.19. The van der Waals surface area contributed by atoms with Crippen molar-refractivity contribution in [2.45, 2.75) is 12.6 Å². The molecule has 1 rings (SSSR count). The SMILES string of the molecule is COCC(N)C(=O)N(C)Cc1cc(C#N)ccc1F. The van der Waals surface area contributed by atoms with Gasteiger partial charge in [-0.05, 0) is 18.2 Å². The number of hydrogen-bond donors (Lipinski definition) is 1. The molecule has 19 heavy (non-hydrogen) atoms. The fraction of sp³-hybridized carbons (Fsp3) is 0.385. The Morgan fingerprint density at radius 2 is 2.32 bits per heavy atom. The second-order valence-corrected chi connectivity index (χ2v) is 4.17. The molecule has 0 fully saturated rings. The van der Waals surface area contributed by atoms with Gasteiger partial charge in [-0.1, -0.05) is 0 Å². The zero-order chi connectivity index (χ0) is 14.4. The summed E-state index contributed by atoms with van der Waals surface area (Å²) >= 11 is 0. The van der Waals surface area contributed by atoms with Crippen LogP contribution in [-0.4, -0.2) is 37.6 Å². The van der Waals surface area contributed by atoms with Crippen LogP contribution in [0, 0.1) is 17.1 Å². The number of rotatable bonds is 5. The van der Waals surface area contributed by atoms with Crippen LogP contribution >= 0.6 is 0 Å². The minimum absolute atomic E-state index is 0.0532. The summed E-state index contributed by atoms with van der Waals surface area (Å²) in [5.74, 6) is -0.803. The van der Waals surface area contributed by atoms with Crippen molar-refractivity contribution in [3.05, 3.63) is 35.1 Å². The van der Waals surface area contributed by atoms with Gasteiger partial charge in [0, 0.05) is 26.3 Å². The number of nitrogens with zero attached hydrogens (tertiary/aromatic N) is 2. The Hall–Kier alpha value is -1.97. The number of hydrogen-bond acceptors (Lipinski definition) is 4. The summed E-state index contributed by atoms with van der Waals surface area (Å²) in [6.45, 7) is 0.154. The van der Waals surface area contributed by atoms with E-state index in [1.807, 2.05) is 6.07 Å². The molecule has 0 saturated carbocycles. The van der Waals surface area contributed by atoms with Crippen molar-refractivity contribution in [1.82, 2.24) is 4.90 Å². The molecule has 1 aromatic carbocycles.